The molecule has 312 valence electrons. The average molecular weight is 817 g/mol. The molecule has 0 saturated carbocycles. The molecule has 0 aliphatic heterocycles. The SMILES string of the molecule is C=CCCN(Cc1ncc(-c2ccc(C#Cc3ccc(-c4cnc(CN(CCC=C)C(=O)[C@@H](NC(=O)OC)C(C)C)[nH]4)cc3)cc2)[nH]1)C(=O)C(NC(=O)OC)C(F)(F)F. The number of amides is 4. The van der Waals surface area contributed by atoms with Crippen LogP contribution in [0.1, 0.15) is 49.5 Å². The van der Waals surface area contributed by atoms with Gasteiger partial charge in [0.2, 0.25) is 11.9 Å². The third-order valence-corrected chi connectivity index (χ3v) is 8.92. The molecule has 0 bridgehead atoms. The van der Waals surface area contributed by atoms with Crippen molar-refractivity contribution >= 4 is 24.0 Å². The molecule has 4 rings (SSSR count). The maximum atomic E-state index is 13.7. The van der Waals surface area contributed by atoms with Crippen LogP contribution in [0, 0.1) is 17.8 Å². The summed E-state index contributed by atoms with van der Waals surface area (Å²) in [4.78, 5) is 67.6. The van der Waals surface area contributed by atoms with Crippen LogP contribution in [0.2, 0.25) is 0 Å². The van der Waals surface area contributed by atoms with E-state index >= 15 is 0 Å². The van der Waals surface area contributed by atoms with Crippen LogP contribution in [-0.2, 0) is 32.2 Å². The Labute approximate surface area is 340 Å². The number of nitrogens with one attached hydrogen (secondary N) is 4. The number of imidazole rings is 2. The molecule has 0 aliphatic rings. The lowest BCUT2D eigenvalue weighted by Gasteiger charge is -2.28. The molecule has 1 unspecified atom stereocenters. The molecule has 2 atom stereocenters. The van der Waals surface area contributed by atoms with E-state index in [9.17, 15) is 32.3 Å². The highest BCUT2D eigenvalue weighted by Gasteiger charge is 2.48. The van der Waals surface area contributed by atoms with Gasteiger partial charge in [0.05, 0.1) is 51.1 Å². The van der Waals surface area contributed by atoms with Crippen molar-refractivity contribution in [3.8, 4) is 34.4 Å². The second kappa shape index (κ2) is 21.1. The summed E-state index contributed by atoms with van der Waals surface area (Å²) in [7, 11) is 2.15. The highest BCUT2D eigenvalue weighted by molar-refractivity contribution is 5.87. The van der Waals surface area contributed by atoms with Crippen LogP contribution in [0.15, 0.2) is 86.2 Å². The van der Waals surface area contributed by atoms with Gasteiger partial charge in [-0.1, -0.05) is 62.1 Å². The monoisotopic (exact) mass is 816 g/mol. The second-order valence-corrected chi connectivity index (χ2v) is 13.5. The second-order valence-electron chi connectivity index (χ2n) is 13.5. The first kappa shape index (κ1) is 44.9. The number of alkyl carbamates (subject to hydrolysis) is 2. The lowest BCUT2D eigenvalue weighted by atomic mass is 10.0. The standard InChI is InChI=1S/C42H47F3N8O6/c1-7-9-21-52(38(54)36(27(3)4)50-40(56)58-5)25-34-46-23-32(48-34)30-17-13-28(14-18-30)11-12-29-15-19-31(20-16-29)33-24-47-35(49-33)26-53(22-10-8-2)39(55)37(42(43,44)45)51-41(57)59-6/h7-8,13-20,23-24,27,36-37H,1-2,9-10,21-22,25-26H2,3-6H3,(H,46,48)(H,47,49)(H,50,56)(H,51,57)/t36-,37?/m0/s1. The van der Waals surface area contributed by atoms with Crippen molar-refractivity contribution in [1.82, 2.24) is 40.4 Å². The van der Waals surface area contributed by atoms with Gasteiger partial charge in [-0.05, 0) is 54.2 Å². The highest BCUT2D eigenvalue weighted by Crippen LogP contribution is 2.24. The Balaban J connectivity index is 1.41. The van der Waals surface area contributed by atoms with Crippen LogP contribution in [0.4, 0.5) is 22.8 Å². The van der Waals surface area contributed by atoms with Gasteiger partial charge in [0.1, 0.15) is 17.7 Å². The van der Waals surface area contributed by atoms with E-state index in [1.165, 1.54) is 19.4 Å². The van der Waals surface area contributed by atoms with Gasteiger partial charge in [0.15, 0.2) is 0 Å². The fourth-order valence-corrected chi connectivity index (χ4v) is 5.72. The maximum Gasteiger partial charge on any atom is 0.417 e. The third kappa shape index (κ3) is 12.8. The van der Waals surface area contributed by atoms with E-state index in [0.29, 0.717) is 24.5 Å². The van der Waals surface area contributed by atoms with E-state index in [1.54, 1.807) is 22.5 Å². The van der Waals surface area contributed by atoms with Gasteiger partial charge in [-0.25, -0.2) is 19.6 Å². The highest BCUT2D eigenvalue weighted by atomic mass is 19.4. The molecule has 2 aromatic carbocycles. The number of hydrogen-bond acceptors (Lipinski definition) is 8. The predicted octanol–water partition coefficient (Wildman–Crippen LogP) is 6.34. The summed E-state index contributed by atoms with van der Waals surface area (Å²) in [6, 6.07) is 11.2. The smallest absolute Gasteiger partial charge is 0.417 e. The van der Waals surface area contributed by atoms with Crippen molar-refractivity contribution < 1.29 is 41.8 Å². The Morgan fingerprint density at radius 3 is 1.56 bits per heavy atom. The first-order valence-electron chi connectivity index (χ1n) is 18.5. The molecule has 59 heavy (non-hydrogen) atoms. The molecule has 17 heteroatoms. The van der Waals surface area contributed by atoms with Gasteiger partial charge in [0.25, 0.3) is 5.91 Å². The molecule has 0 saturated heterocycles. The van der Waals surface area contributed by atoms with Gasteiger partial charge >= 0.3 is 18.4 Å². The zero-order valence-electron chi connectivity index (χ0n) is 33.2. The summed E-state index contributed by atoms with van der Waals surface area (Å²) in [6.45, 7) is 11.2. The van der Waals surface area contributed by atoms with Crippen molar-refractivity contribution in [2.24, 2.45) is 5.92 Å². The number of carbonyl (C=O) groups excluding carboxylic acids is 4. The minimum Gasteiger partial charge on any atom is -0.453 e. The number of H-pyrrole nitrogens is 2. The van der Waals surface area contributed by atoms with E-state index < -0.39 is 36.4 Å². The first-order chi connectivity index (χ1) is 28.2. The van der Waals surface area contributed by atoms with Crippen LogP contribution in [0.25, 0.3) is 22.5 Å². The Kier molecular flexibility index (Phi) is 16.0. The minimum atomic E-state index is -5.06. The summed E-state index contributed by atoms with van der Waals surface area (Å²) in [5.74, 6) is 5.28. The summed E-state index contributed by atoms with van der Waals surface area (Å²) < 4.78 is 50.2. The lowest BCUT2D eigenvalue weighted by molar-refractivity contribution is -0.174. The van der Waals surface area contributed by atoms with Crippen molar-refractivity contribution in [1.29, 1.82) is 0 Å². The van der Waals surface area contributed by atoms with Crippen molar-refractivity contribution in [2.75, 3.05) is 27.3 Å². The predicted molar refractivity (Wildman–Crippen MR) is 214 cm³/mol. The fourth-order valence-electron chi connectivity index (χ4n) is 5.72. The van der Waals surface area contributed by atoms with Gasteiger partial charge in [-0.15, -0.1) is 13.2 Å². The number of halogens is 3. The Bertz CT molecular complexity index is 2130. The maximum absolute atomic E-state index is 13.7. The number of hydrogen-bond donors (Lipinski definition) is 4. The third-order valence-electron chi connectivity index (χ3n) is 8.92. The Hall–Kier alpha value is -6.83. The van der Waals surface area contributed by atoms with Crippen LogP contribution < -0.4 is 10.6 Å². The van der Waals surface area contributed by atoms with E-state index in [1.807, 2.05) is 62.4 Å². The van der Waals surface area contributed by atoms with E-state index in [4.69, 9.17) is 4.74 Å². The molecule has 14 nitrogen and oxygen atoms in total. The molecule has 0 radical (unpaired) electrons. The Morgan fingerprint density at radius 1 is 0.746 bits per heavy atom. The molecule has 2 aromatic heterocycles. The molecular weight excluding hydrogens is 770 g/mol. The van der Waals surface area contributed by atoms with Gasteiger partial charge in [-0.3, -0.25) is 9.59 Å². The van der Waals surface area contributed by atoms with Crippen LogP contribution in [-0.4, -0.2) is 99.3 Å². The van der Waals surface area contributed by atoms with Crippen LogP contribution in [0.3, 0.4) is 0 Å². The number of methoxy groups -OCH3 is 2. The molecule has 0 fully saturated rings. The van der Waals surface area contributed by atoms with E-state index in [-0.39, 0.29) is 43.7 Å². The molecular formula is C42H47F3N8O6. The lowest BCUT2D eigenvalue weighted by Crippen LogP contribution is -2.56. The molecule has 4 amide bonds. The normalized spacial score (nSPS) is 12.0. The molecule has 4 aromatic rings. The number of rotatable bonds is 17. The molecule has 4 N–H and O–H groups in total. The average Bonchev–Trinajstić information content (AvgIpc) is 3.90. The van der Waals surface area contributed by atoms with Crippen LogP contribution >= 0.6 is 0 Å². The van der Waals surface area contributed by atoms with Crippen LogP contribution in [0.5, 0.6) is 0 Å². The number of alkyl halides is 3. The Morgan fingerprint density at radius 2 is 1.17 bits per heavy atom. The first-order valence-corrected chi connectivity index (χ1v) is 18.5. The van der Waals surface area contributed by atoms with Crippen molar-refractivity contribution in [3.63, 3.8) is 0 Å². The molecule has 2 heterocycles. The van der Waals surface area contributed by atoms with Crippen molar-refractivity contribution in [3.05, 3.63) is 109 Å². The van der Waals surface area contributed by atoms with E-state index in [2.05, 4.69) is 55.0 Å². The summed E-state index contributed by atoms with van der Waals surface area (Å²) in [5, 5.41) is 4.19. The summed E-state index contributed by atoms with van der Waals surface area (Å²) >= 11 is 0. The topological polar surface area (TPSA) is 175 Å². The van der Waals surface area contributed by atoms with E-state index in [0.717, 1.165) is 40.0 Å². The summed E-state index contributed by atoms with van der Waals surface area (Å²) in [5.41, 5.74) is 4.40. The van der Waals surface area contributed by atoms with Gasteiger partial charge < -0.3 is 39.9 Å². The largest absolute Gasteiger partial charge is 0.453 e. The fraction of sp³-hybridized carbons (Fsp3) is 0.333. The minimum absolute atomic E-state index is 0.0914. The number of aromatic nitrogens is 4. The quantitative estimate of drug-likeness (QED) is 0.0706. The number of benzene rings is 2. The van der Waals surface area contributed by atoms with Gasteiger partial charge in [-0.2, -0.15) is 13.2 Å². The number of aromatic amines is 2. The summed E-state index contributed by atoms with van der Waals surface area (Å²) in [6.07, 6.45) is 0.0193. The van der Waals surface area contributed by atoms with Crippen molar-refractivity contribution in [2.45, 2.75) is 58.0 Å². The molecule has 0 aliphatic carbocycles. The van der Waals surface area contributed by atoms with Gasteiger partial charge in [0, 0.05) is 24.2 Å². The molecule has 0 spiro atoms. The number of carbonyl (C=O) groups is 4. The number of ether oxygens (including phenoxy) is 2. The zero-order valence-corrected chi connectivity index (χ0v) is 33.2. The zero-order chi connectivity index (χ0) is 43.1. The number of nitrogens with zero attached hydrogens (tertiary/aromatic N) is 4.